The molecule has 0 saturated carbocycles. The third kappa shape index (κ3) is 2.30. The summed E-state index contributed by atoms with van der Waals surface area (Å²) in [7, 11) is 0. The van der Waals surface area contributed by atoms with Gasteiger partial charge in [-0.3, -0.25) is 9.78 Å². The number of aromatic nitrogens is 2. The molecule has 0 aliphatic carbocycles. The summed E-state index contributed by atoms with van der Waals surface area (Å²) in [5.74, 6) is -1.67. The standard InChI is InChI=1S/C7H8N2O6/c10-3(4(11)6(13)14)2-1-8-7(15)9-5(2)12/h1,3-4,10-11H,(H,13,14)(H2,8,9,12,15). The minimum absolute atomic E-state index is 0.426. The fraction of sp³-hybridized carbons (Fsp3) is 0.286. The summed E-state index contributed by atoms with van der Waals surface area (Å²) in [5, 5.41) is 26.6. The lowest BCUT2D eigenvalue weighted by Crippen LogP contribution is -2.34. The molecule has 0 bridgehead atoms. The number of aliphatic hydroxyl groups excluding tert-OH is 2. The monoisotopic (exact) mass is 216 g/mol. The van der Waals surface area contributed by atoms with Crippen LogP contribution in [0.3, 0.4) is 0 Å². The Hall–Kier alpha value is -1.93. The van der Waals surface area contributed by atoms with Gasteiger partial charge in [-0.2, -0.15) is 0 Å². The van der Waals surface area contributed by atoms with Gasteiger partial charge in [0, 0.05) is 6.20 Å². The first kappa shape index (κ1) is 11.1. The molecular formula is C7H8N2O6. The fourth-order valence-electron chi connectivity index (χ4n) is 0.945. The Bertz CT molecular complexity index is 475. The molecule has 0 fully saturated rings. The van der Waals surface area contributed by atoms with Crippen molar-refractivity contribution in [3.05, 3.63) is 32.6 Å². The lowest BCUT2D eigenvalue weighted by molar-refractivity contribution is -0.153. The zero-order valence-corrected chi connectivity index (χ0v) is 7.30. The second kappa shape index (κ2) is 4.07. The smallest absolute Gasteiger partial charge is 0.335 e. The molecule has 0 aliphatic heterocycles. The summed E-state index contributed by atoms with van der Waals surface area (Å²) in [5.41, 5.74) is -2.17. The van der Waals surface area contributed by atoms with Crippen LogP contribution in [-0.4, -0.2) is 37.4 Å². The van der Waals surface area contributed by atoms with E-state index in [1.807, 2.05) is 4.98 Å². The van der Waals surface area contributed by atoms with Gasteiger partial charge >= 0.3 is 11.7 Å². The van der Waals surface area contributed by atoms with Crippen molar-refractivity contribution in [1.82, 2.24) is 9.97 Å². The zero-order valence-electron chi connectivity index (χ0n) is 7.30. The Kier molecular flexibility index (Phi) is 3.02. The molecule has 2 atom stereocenters. The fourth-order valence-corrected chi connectivity index (χ4v) is 0.945. The Balaban J connectivity index is 3.12. The largest absolute Gasteiger partial charge is 0.479 e. The normalized spacial score (nSPS) is 14.5. The molecule has 0 saturated heterocycles. The van der Waals surface area contributed by atoms with Gasteiger partial charge in [-0.25, -0.2) is 9.59 Å². The van der Waals surface area contributed by atoms with E-state index < -0.39 is 35.0 Å². The lowest BCUT2D eigenvalue weighted by Gasteiger charge is -2.12. The highest BCUT2D eigenvalue weighted by Crippen LogP contribution is 2.10. The predicted molar refractivity (Wildman–Crippen MR) is 46.3 cm³/mol. The third-order valence-corrected chi connectivity index (χ3v) is 1.72. The summed E-state index contributed by atoms with van der Waals surface area (Å²) >= 11 is 0. The lowest BCUT2D eigenvalue weighted by atomic mass is 10.1. The van der Waals surface area contributed by atoms with Gasteiger partial charge in [-0.05, 0) is 0 Å². The van der Waals surface area contributed by atoms with Crippen LogP contribution in [0.1, 0.15) is 11.7 Å². The van der Waals surface area contributed by atoms with Gasteiger partial charge in [0.2, 0.25) is 0 Å². The highest BCUT2D eigenvalue weighted by Gasteiger charge is 2.27. The Labute approximate surface area is 81.8 Å². The van der Waals surface area contributed by atoms with Crippen LogP contribution in [0, 0.1) is 0 Å². The van der Waals surface area contributed by atoms with E-state index >= 15 is 0 Å². The minimum Gasteiger partial charge on any atom is -0.479 e. The molecule has 0 spiro atoms. The van der Waals surface area contributed by atoms with Crippen molar-refractivity contribution in [2.75, 3.05) is 0 Å². The number of aromatic amines is 2. The van der Waals surface area contributed by atoms with E-state index in [1.54, 1.807) is 4.98 Å². The van der Waals surface area contributed by atoms with Gasteiger partial charge in [-0.15, -0.1) is 0 Å². The van der Waals surface area contributed by atoms with Crippen molar-refractivity contribution in [2.24, 2.45) is 0 Å². The van der Waals surface area contributed by atoms with E-state index in [4.69, 9.17) is 10.2 Å². The van der Waals surface area contributed by atoms with Crippen molar-refractivity contribution >= 4 is 5.97 Å². The maximum absolute atomic E-state index is 11.1. The van der Waals surface area contributed by atoms with Crippen molar-refractivity contribution < 1.29 is 20.1 Å². The van der Waals surface area contributed by atoms with Crippen molar-refractivity contribution in [2.45, 2.75) is 12.2 Å². The average molecular weight is 216 g/mol. The molecule has 1 aromatic rings. The zero-order chi connectivity index (χ0) is 11.6. The van der Waals surface area contributed by atoms with Crippen LogP contribution in [0.4, 0.5) is 0 Å². The molecule has 1 aromatic heterocycles. The SMILES string of the molecule is O=C(O)C(O)C(O)c1c[nH]c(=O)[nH]c1=O. The predicted octanol–water partition coefficient (Wildman–Crippen LogP) is -2.46. The molecule has 82 valence electrons. The van der Waals surface area contributed by atoms with E-state index in [-0.39, 0.29) is 0 Å². The molecule has 1 heterocycles. The van der Waals surface area contributed by atoms with Crippen molar-refractivity contribution in [3.63, 3.8) is 0 Å². The second-order valence-electron chi connectivity index (χ2n) is 2.76. The molecule has 0 aromatic carbocycles. The van der Waals surface area contributed by atoms with Crippen LogP contribution >= 0.6 is 0 Å². The quantitative estimate of drug-likeness (QED) is 0.379. The molecule has 15 heavy (non-hydrogen) atoms. The number of aliphatic carboxylic acids is 1. The van der Waals surface area contributed by atoms with Gasteiger partial charge in [-0.1, -0.05) is 0 Å². The van der Waals surface area contributed by atoms with E-state index in [9.17, 15) is 19.5 Å². The van der Waals surface area contributed by atoms with Gasteiger partial charge in [0.05, 0.1) is 5.56 Å². The van der Waals surface area contributed by atoms with Crippen LogP contribution in [0.15, 0.2) is 15.8 Å². The van der Waals surface area contributed by atoms with Crippen LogP contribution in [0.5, 0.6) is 0 Å². The van der Waals surface area contributed by atoms with Crippen LogP contribution < -0.4 is 11.2 Å². The molecule has 0 radical (unpaired) electrons. The molecule has 2 unspecified atom stereocenters. The van der Waals surface area contributed by atoms with E-state index in [1.165, 1.54) is 0 Å². The molecule has 5 N–H and O–H groups in total. The Morgan fingerprint density at radius 2 is 1.93 bits per heavy atom. The summed E-state index contributed by atoms with van der Waals surface area (Å²) in [4.78, 5) is 35.8. The molecule has 1 rings (SSSR count). The number of hydrogen-bond donors (Lipinski definition) is 5. The number of aliphatic hydroxyl groups is 2. The third-order valence-electron chi connectivity index (χ3n) is 1.72. The van der Waals surface area contributed by atoms with Gasteiger partial charge in [0.25, 0.3) is 5.56 Å². The minimum atomic E-state index is -2.13. The number of carbonyl (C=O) groups is 1. The average Bonchev–Trinajstić information content (AvgIpc) is 2.15. The van der Waals surface area contributed by atoms with E-state index in [0.717, 1.165) is 6.20 Å². The number of rotatable bonds is 3. The molecule has 8 heteroatoms. The topological polar surface area (TPSA) is 143 Å². The van der Waals surface area contributed by atoms with Crippen LogP contribution in [-0.2, 0) is 4.79 Å². The van der Waals surface area contributed by atoms with E-state index in [2.05, 4.69) is 0 Å². The van der Waals surface area contributed by atoms with Crippen molar-refractivity contribution in [1.29, 1.82) is 0 Å². The van der Waals surface area contributed by atoms with E-state index in [0.29, 0.717) is 0 Å². The molecule has 0 aliphatic rings. The highest BCUT2D eigenvalue weighted by atomic mass is 16.4. The maximum atomic E-state index is 11.1. The van der Waals surface area contributed by atoms with Gasteiger partial charge < -0.3 is 20.3 Å². The summed E-state index contributed by atoms with van der Waals surface area (Å²) in [6.07, 6.45) is -3.18. The van der Waals surface area contributed by atoms with Crippen LogP contribution in [0.2, 0.25) is 0 Å². The number of hydrogen-bond acceptors (Lipinski definition) is 5. The molecule has 8 nitrogen and oxygen atoms in total. The van der Waals surface area contributed by atoms with Crippen LogP contribution in [0.25, 0.3) is 0 Å². The van der Waals surface area contributed by atoms with Gasteiger partial charge in [0.1, 0.15) is 6.10 Å². The Morgan fingerprint density at radius 1 is 1.33 bits per heavy atom. The molecule has 0 amide bonds. The number of carboxylic acid groups (broad SMARTS) is 1. The van der Waals surface area contributed by atoms with Crippen molar-refractivity contribution in [3.8, 4) is 0 Å². The summed E-state index contributed by atoms with van der Waals surface area (Å²) in [6.45, 7) is 0. The second-order valence-corrected chi connectivity index (χ2v) is 2.76. The first-order valence-corrected chi connectivity index (χ1v) is 3.84. The summed E-state index contributed by atoms with van der Waals surface area (Å²) < 4.78 is 0. The number of nitrogens with one attached hydrogen (secondary N) is 2. The number of carboxylic acids is 1. The first-order chi connectivity index (χ1) is 6.93. The maximum Gasteiger partial charge on any atom is 0.335 e. The summed E-state index contributed by atoms with van der Waals surface area (Å²) in [6, 6.07) is 0. The highest BCUT2D eigenvalue weighted by molar-refractivity contribution is 5.72. The number of H-pyrrole nitrogens is 2. The Morgan fingerprint density at radius 3 is 2.40 bits per heavy atom. The van der Waals surface area contributed by atoms with Gasteiger partial charge in [0.15, 0.2) is 6.10 Å². The first-order valence-electron chi connectivity index (χ1n) is 3.84. The molecular weight excluding hydrogens is 208 g/mol.